The number of ether oxygens (including phenoxy) is 1. The molecular weight excluding hydrogens is 304 g/mol. The maximum Gasteiger partial charge on any atom is 0.172 e. The highest BCUT2D eigenvalue weighted by Crippen LogP contribution is 2.23. The van der Waals surface area contributed by atoms with Crippen LogP contribution in [0.5, 0.6) is 5.75 Å². The van der Waals surface area contributed by atoms with Gasteiger partial charge in [0.2, 0.25) is 0 Å². The first-order valence-corrected chi connectivity index (χ1v) is 8.25. The van der Waals surface area contributed by atoms with E-state index in [1.165, 1.54) is 16.7 Å². The Morgan fingerprint density at radius 3 is 1.91 bits per heavy atom. The van der Waals surface area contributed by atoms with Crippen molar-refractivity contribution in [1.29, 1.82) is 0 Å². The lowest BCUT2D eigenvalue weighted by Crippen LogP contribution is -2.09. The minimum Gasteiger partial charge on any atom is -0.475 e. The van der Waals surface area contributed by atoms with E-state index in [-0.39, 0.29) is 5.56 Å². The number of rotatable bonds is 6. The summed E-state index contributed by atoms with van der Waals surface area (Å²) in [7, 11) is 0. The monoisotopic (exact) mass is 322 g/mol. The number of hydrogen-bond donors (Lipinski definition) is 0. The van der Waals surface area contributed by atoms with E-state index in [9.17, 15) is 0 Å². The van der Waals surface area contributed by atoms with Crippen LogP contribution in [0.25, 0.3) is 11.1 Å². The summed E-state index contributed by atoms with van der Waals surface area (Å²) in [5, 5.41) is 0. The van der Waals surface area contributed by atoms with Crippen LogP contribution in [0.3, 0.4) is 0 Å². The Balaban J connectivity index is 1.55. The second-order valence-corrected chi connectivity index (χ2v) is 5.93. The Bertz CT molecular complexity index is 708. The Morgan fingerprint density at radius 2 is 1.26 bits per heavy atom. The summed E-state index contributed by atoms with van der Waals surface area (Å²) < 4.78 is 5.79. The molecule has 23 heavy (non-hydrogen) atoms. The van der Waals surface area contributed by atoms with Crippen LogP contribution in [-0.4, -0.2) is 5.56 Å². The summed E-state index contributed by atoms with van der Waals surface area (Å²) in [5.41, 5.74) is 3.33. The Kier molecular flexibility index (Phi) is 5.33. The van der Waals surface area contributed by atoms with Gasteiger partial charge in [0.25, 0.3) is 0 Å². The fourth-order valence-corrected chi connectivity index (χ4v) is 2.70. The molecule has 0 bridgehead atoms. The molecule has 0 aromatic heterocycles. The molecule has 0 spiro atoms. The average molecular weight is 323 g/mol. The zero-order valence-electron chi connectivity index (χ0n) is 12.9. The van der Waals surface area contributed by atoms with E-state index in [1.54, 1.807) is 0 Å². The van der Waals surface area contributed by atoms with Crippen LogP contribution in [0.15, 0.2) is 84.9 Å². The predicted molar refractivity (Wildman–Crippen MR) is 96.9 cm³/mol. The van der Waals surface area contributed by atoms with Crippen molar-refractivity contribution in [3.63, 3.8) is 0 Å². The van der Waals surface area contributed by atoms with Gasteiger partial charge in [-0.05, 0) is 35.2 Å². The summed E-state index contributed by atoms with van der Waals surface area (Å²) in [6.07, 6.45) is 1.70. The van der Waals surface area contributed by atoms with Gasteiger partial charge in [0, 0.05) is 6.42 Å². The van der Waals surface area contributed by atoms with Gasteiger partial charge in [-0.3, -0.25) is 0 Å². The van der Waals surface area contributed by atoms with Crippen LogP contribution in [0.4, 0.5) is 0 Å². The summed E-state index contributed by atoms with van der Waals surface area (Å²) >= 11 is 6.30. The largest absolute Gasteiger partial charge is 0.475 e. The quantitative estimate of drug-likeness (QED) is 0.511. The first kappa shape index (κ1) is 15.6. The molecule has 1 atom stereocenters. The molecule has 0 N–H and O–H groups in total. The first-order chi connectivity index (χ1) is 11.3. The maximum atomic E-state index is 6.30. The molecule has 1 nitrogen and oxygen atoms in total. The molecule has 0 aliphatic carbocycles. The Labute approximate surface area is 142 Å². The SMILES string of the molecule is Cl[C@@H](CCc1ccccc1)Oc1ccc(-c2ccccc2)cc1. The zero-order valence-corrected chi connectivity index (χ0v) is 13.6. The molecule has 3 rings (SSSR count). The molecule has 116 valence electrons. The fourth-order valence-electron chi connectivity index (χ4n) is 2.49. The highest BCUT2D eigenvalue weighted by atomic mass is 35.5. The van der Waals surface area contributed by atoms with E-state index in [4.69, 9.17) is 16.3 Å². The van der Waals surface area contributed by atoms with E-state index in [0.29, 0.717) is 0 Å². The Morgan fingerprint density at radius 1 is 0.696 bits per heavy atom. The van der Waals surface area contributed by atoms with E-state index >= 15 is 0 Å². The second-order valence-electron chi connectivity index (χ2n) is 5.44. The smallest absolute Gasteiger partial charge is 0.172 e. The van der Waals surface area contributed by atoms with Crippen molar-refractivity contribution in [2.75, 3.05) is 0 Å². The highest BCUT2D eigenvalue weighted by molar-refractivity contribution is 6.19. The average Bonchev–Trinajstić information content (AvgIpc) is 2.62. The molecule has 0 aliphatic heterocycles. The normalized spacial score (nSPS) is 11.9. The summed E-state index contributed by atoms with van der Waals surface area (Å²) in [6, 6.07) is 28.7. The van der Waals surface area contributed by atoms with Gasteiger partial charge in [-0.25, -0.2) is 0 Å². The summed E-state index contributed by atoms with van der Waals surface area (Å²) in [5.74, 6) is 0.803. The number of benzene rings is 3. The van der Waals surface area contributed by atoms with E-state index in [1.807, 2.05) is 48.5 Å². The number of aryl methyl sites for hydroxylation is 1. The molecular formula is C21H19ClO. The summed E-state index contributed by atoms with van der Waals surface area (Å²) in [6.45, 7) is 0. The lowest BCUT2D eigenvalue weighted by molar-refractivity contribution is 0.271. The van der Waals surface area contributed by atoms with Crippen LogP contribution < -0.4 is 4.74 Å². The van der Waals surface area contributed by atoms with Crippen LogP contribution in [0.2, 0.25) is 0 Å². The summed E-state index contributed by atoms with van der Waals surface area (Å²) in [4.78, 5) is 0. The molecule has 0 saturated heterocycles. The fraction of sp³-hybridized carbons (Fsp3) is 0.143. The van der Waals surface area contributed by atoms with Crippen LogP contribution >= 0.6 is 11.6 Å². The standard InChI is InChI=1S/C21H19ClO/c22-21(16-11-17-7-3-1-4-8-17)23-20-14-12-19(13-15-20)18-9-5-2-6-10-18/h1-10,12-15,21H,11,16H2/t21-/m1/s1. The van der Waals surface area contributed by atoms with Crippen LogP contribution in [0.1, 0.15) is 12.0 Å². The minimum atomic E-state index is -0.321. The molecule has 2 heteroatoms. The van der Waals surface area contributed by atoms with Crippen molar-refractivity contribution < 1.29 is 4.74 Å². The lowest BCUT2D eigenvalue weighted by atomic mass is 10.1. The van der Waals surface area contributed by atoms with E-state index in [0.717, 1.165) is 18.6 Å². The molecule has 3 aromatic carbocycles. The molecule has 0 saturated carbocycles. The van der Waals surface area contributed by atoms with E-state index < -0.39 is 0 Å². The third kappa shape index (κ3) is 4.61. The molecule has 0 radical (unpaired) electrons. The Hall–Kier alpha value is -2.25. The number of halogens is 1. The highest BCUT2D eigenvalue weighted by Gasteiger charge is 2.07. The van der Waals surface area contributed by atoms with Crippen LogP contribution in [0, 0.1) is 0 Å². The van der Waals surface area contributed by atoms with E-state index in [2.05, 4.69) is 36.4 Å². The van der Waals surface area contributed by atoms with Gasteiger partial charge >= 0.3 is 0 Å². The van der Waals surface area contributed by atoms with Gasteiger partial charge in [0.15, 0.2) is 5.56 Å². The minimum absolute atomic E-state index is 0.321. The molecule has 0 fully saturated rings. The maximum absolute atomic E-state index is 6.30. The van der Waals surface area contributed by atoms with Gasteiger partial charge in [-0.15, -0.1) is 0 Å². The van der Waals surface area contributed by atoms with Crippen molar-refractivity contribution >= 4 is 11.6 Å². The van der Waals surface area contributed by atoms with Crippen molar-refractivity contribution in [1.82, 2.24) is 0 Å². The van der Waals surface area contributed by atoms with Gasteiger partial charge in [-0.1, -0.05) is 84.4 Å². The second kappa shape index (κ2) is 7.85. The molecule has 0 heterocycles. The van der Waals surface area contributed by atoms with Gasteiger partial charge in [0.1, 0.15) is 5.75 Å². The molecule has 0 amide bonds. The number of alkyl halides is 1. The third-order valence-corrected chi connectivity index (χ3v) is 4.04. The van der Waals surface area contributed by atoms with Crippen molar-refractivity contribution in [2.45, 2.75) is 18.4 Å². The van der Waals surface area contributed by atoms with Crippen molar-refractivity contribution in [3.05, 3.63) is 90.5 Å². The van der Waals surface area contributed by atoms with Crippen molar-refractivity contribution in [3.8, 4) is 16.9 Å². The third-order valence-electron chi connectivity index (χ3n) is 3.73. The van der Waals surface area contributed by atoms with Gasteiger partial charge in [-0.2, -0.15) is 0 Å². The topological polar surface area (TPSA) is 9.23 Å². The molecule has 0 unspecified atom stereocenters. The van der Waals surface area contributed by atoms with Gasteiger partial charge < -0.3 is 4.74 Å². The first-order valence-electron chi connectivity index (χ1n) is 7.81. The predicted octanol–water partition coefficient (Wildman–Crippen LogP) is 5.93. The van der Waals surface area contributed by atoms with Crippen LogP contribution in [-0.2, 0) is 6.42 Å². The zero-order chi connectivity index (χ0) is 15.9. The number of hydrogen-bond acceptors (Lipinski definition) is 1. The lowest BCUT2D eigenvalue weighted by Gasteiger charge is -2.13. The molecule has 3 aromatic rings. The van der Waals surface area contributed by atoms with Gasteiger partial charge in [0.05, 0.1) is 0 Å². The van der Waals surface area contributed by atoms with Crippen molar-refractivity contribution in [2.24, 2.45) is 0 Å². The molecule has 0 aliphatic rings.